The van der Waals surface area contributed by atoms with Gasteiger partial charge >= 0.3 is 0 Å². The van der Waals surface area contributed by atoms with Crippen LogP contribution in [0.5, 0.6) is 0 Å². The van der Waals surface area contributed by atoms with Crippen molar-refractivity contribution >= 4 is 98.8 Å². The lowest BCUT2D eigenvalue weighted by Gasteiger charge is -2.51. The second-order valence-corrected chi connectivity index (χ2v) is 23.7. The molecule has 0 saturated heterocycles. The lowest BCUT2D eigenvalue weighted by Crippen LogP contribution is -2.50. The van der Waals surface area contributed by atoms with Crippen molar-refractivity contribution in [3.63, 3.8) is 0 Å². The molecule has 0 fully saturated rings. The lowest BCUT2D eigenvalue weighted by molar-refractivity contribution is 0.438. The SMILES string of the molecule is c1ccc(N(c2cccc3ccccc23)c2cc3c(c4ccccc24)-c2c(ccc4ccccc24)C3(c2ccccc2)C2(c3ccccc3)c3ccc4ccccc4c3-c3c2cc(N(c2ccccc2)c2cccc4ccccc24)c2ccccc32)cc1. The Kier molecular flexibility index (Phi) is 11.2. The van der Waals surface area contributed by atoms with Crippen LogP contribution in [0, 0.1) is 0 Å². The summed E-state index contributed by atoms with van der Waals surface area (Å²) in [4.78, 5) is 5.10. The Morgan fingerprint density at radius 1 is 0.182 bits per heavy atom. The highest BCUT2D eigenvalue weighted by Gasteiger charge is 2.65. The molecule has 0 N–H and O–H groups in total. The average Bonchev–Trinajstić information content (AvgIpc) is 1.46. The molecule has 0 amide bonds. The summed E-state index contributed by atoms with van der Waals surface area (Å²) >= 11 is 0. The van der Waals surface area contributed by atoms with E-state index in [0.29, 0.717) is 0 Å². The molecule has 0 saturated carbocycles. The highest BCUT2D eigenvalue weighted by atomic mass is 15.2. The van der Waals surface area contributed by atoms with Crippen LogP contribution in [0.2, 0.25) is 0 Å². The second kappa shape index (κ2) is 19.6. The summed E-state index contributed by atoms with van der Waals surface area (Å²) in [5.74, 6) is 0. The Morgan fingerprint density at radius 2 is 0.466 bits per heavy atom. The zero-order valence-electron chi connectivity index (χ0n) is 48.2. The van der Waals surface area contributed by atoms with E-state index in [-0.39, 0.29) is 0 Å². The molecule has 0 bridgehead atoms. The monoisotopic (exact) mass is 1120 g/mol. The molecule has 0 aliphatic heterocycles. The molecule has 0 heterocycles. The third-order valence-corrected chi connectivity index (χ3v) is 19.5. The number of anilines is 6. The zero-order chi connectivity index (χ0) is 57.9. The molecule has 16 aromatic carbocycles. The van der Waals surface area contributed by atoms with Crippen molar-refractivity contribution < 1.29 is 0 Å². The van der Waals surface area contributed by atoms with E-state index in [1.54, 1.807) is 0 Å². The first-order valence-corrected chi connectivity index (χ1v) is 30.7. The Labute approximate surface area is 511 Å². The van der Waals surface area contributed by atoms with Crippen molar-refractivity contribution in [3.05, 3.63) is 373 Å². The molecular formula is C86H56N2. The van der Waals surface area contributed by atoms with Crippen LogP contribution in [-0.4, -0.2) is 0 Å². The summed E-state index contributed by atoms with van der Waals surface area (Å²) in [6.07, 6.45) is 0. The van der Waals surface area contributed by atoms with E-state index in [4.69, 9.17) is 0 Å². The highest BCUT2D eigenvalue weighted by molar-refractivity contribution is 6.20. The van der Waals surface area contributed by atoms with Gasteiger partial charge in [0.25, 0.3) is 0 Å². The van der Waals surface area contributed by atoms with Gasteiger partial charge in [0.15, 0.2) is 0 Å². The van der Waals surface area contributed by atoms with E-state index in [9.17, 15) is 0 Å². The largest absolute Gasteiger partial charge is 0.309 e. The summed E-state index contributed by atoms with van der Waals surface area (Å²) in [5, 5.41) is 14.4. The van der Waals surface area contributed by atoms with Crippen molar-refractivity contribution in [1.29, 1.82) is 0 Å². The normalized spacial score (nSPS) is 15.6. The van der Waals surface area contributed by atoms with Gasteiger partial charge in [-0.25, -0.2) is 0 Å². The van der Waals surface area contributed by atoms with Gasteiger partial charge in [0.1, 0.15) is 0 Å². The maximum absolute atomic E-state index is 2.64. The number of nitrogens with zero attached hydrogens (tertiary/aromatic N) is 2. The van der Waals surface area contributed by atoms with Crippen LogP contribution in [0.25, 0.3) is 86.9 Å². The van der Waals surface area contributed by atoms with Crippen molar-refractivity contribution in [1.82, 2.24) is 0 Å². The van der Waals surface area contributed by atoms with E-state index in [1.165, 1.54) is 120 Å². The number of para-hydroxylation sites is 2. The van der Waals surface area contributed by atoms with Crippen LogP contribution >= 0.6 is 0 Å². The molecule has 0 aromatic heterocycles. The van der Waals surface area contributed by atoms with Gasteiger partial charge in [0, 0.05) is 32.9 Å². The van der Waals surface area contributed by atoms with Crippen molar-refractivity contribution in [2.75, 3.05) is 9.80 Å². The maximum atomic E-state index is 2.64. The minimum absolute atomic E-state index is 0.997. The molecule has 2 atom stereocenters. The molecule has 2 aliphatic carbocycles. The summed E-state index contributed by atoms with van der Waals surface area (Å²) < 4.78 is 0. The molecule has 88 heavy (non-hydrogen) atoms. The van der Waals surface area contributed by atoms with Crippen molar-refractivity contribution in [2.45, 2.75) is 10.8 Å². The Morgan fingerprint density at radius 3 is 0.852 bits per heavy atom. The third-order valence-electron chi connectivity index (χ3n) is 19.5. The molecule has 0 radical (unpaired) electrons. The van der Waals surface area contributed by atoms with E-state index in [1.807, 2.05) is 0 Å². The van der Waals surface area contributed by atoms with Gasteiger partial charge < -0.3 is 9.80 Å². The number of hydrogen-bond donors (Lipinski definition) is 0. The van der Waals surface area contributed by atoms with Gasteiger partial charge in [-0.1, -0.05) is 291 Å². The van der Waals surface area contributed by atoms with Crippen LogP contribution < -0.4 is 9.80 Å². The number of benzene rings is 16. The number of rotatable bonds is 9. The smallest absolute Gasteiger partial charge is 0.0642 e. The summed E-state index contributed by atoms with van der Waals surface area (Å²) in [5.41, 5.74) is 17.1. The topological polar surface area (TPSA) is 6.48 Å². The molecule has 2 nitrogen and oxygen atoms in total. The minimum atomic E-state index is -0.997. The summed E-state index contributed by atoms with van der Waals surface area (Å²) in [6.45, 7) is 0. The van der Waals surface area contributed by atoms with E-state index in [0.717, 1.165) is 34.1 Å². The molecule has 18 rings (SSSR count). The number of hydrogen-bond acceptors (Lipinski definition) is 2. The average molecular weight is 1120 g/mol. The molecule has 16 aromatic rings. The Hall–Kier alpha value is -11.3. The van der Waals surface area contributed by atoms with E-state index >= 15 is 0 Å². The van der Waals surface area contributed by atoms with Crippen LogP contribution in [0.4, 0.5) is 34.1 Å². The predicted molar refractivity (Wildman–Crippen MR) is 371 cm³/mol. The van der Waals surface area contributed by atoms with Crippen LogP contribution in [0.15, 0.2) is 340 Å². The first-order chi connectivity index (χ1) is 43.7. The zero-order valence-corrected chi connectivity index (χ0v) is 48.2. The summed E-state index contributed by atoms with van der Waals surface area (Å²) in [6, 6.07) is 129. The first-order valence-electron chi connectivity index (χ1n) is 30.7. The lowest BCUT2D eigenvalue weighted by atomic mass is 9.49. The fraction of sp³-hybridized carbons (Fsp3) is 0.0233. The predicted octanol–water partition coefficient (Wildman–Crippen LogP) is 22.9. The molecule has 2 aliphatic rings. The molecule has 2 unspecified atom stereocenters. The van der Waals surface area contributed by atoms with E-state index < -0.39 is 10.8 Å². The molecule has 410 valence electrons. The second-order valence-electron chi connectivity index (χ2n) is 23.7. The van der Waals surface area contributed by atoms with Gasteiger partial charge in [-0.15, -0.1) is 0 Å². The summed E-state index contributed by atoms with van der Waals surface area (Å²) in [7, 11) is 0. The van der Waals surface area contributed by atoms with Gasteiger partial charge in [0.2, 0.25) is 0 Å². The number of fused-ring (bicyclic) bond motifs is 16. The van der Waals surface area contributed by atoms with Crippen LogP contribution in [0.3, 0.4) is 0 Å². The third kappa shape index (κ3) is 6.94. The first kappa shape index (κ1) is 50.0. The van der Waals surface area contributed by atoms with Crippen LogP contribution in [-0.2, 0) is 10.8 Å². The molecule has 2 heteroatoms. The Bertz CT molecular complexity index is 5110. The molecule has 0 spiro atoms. The quantitative estimate of drug-likeness (QED) is 0.142. The van der Waals surface area contributed by atoms with Crippen molar-refractivity contribution in [2.24, 2.45) is 0 Å². The van der Waals surface area contributed by atoms with Gasteiger partial charge in [0.05, 0.1) is 33.6 Å². The Balaban J connectivity index is 1.10. The highest BCUT2D eigenvalue weighted by Crippen LogP contribution is 2.73. The van der Waals surface area contributed by atoms with E-state index in [2.05, 4.69) is 350 Å². The molecular weight excluding hydrogens is 1060 g/mol. The van der Waals surface area contributed by atoms with Gasteiger partial charge in [-0.05, 0) is 147 Å². The maximum Gasteiger partial charge on any atom is 0.0642 e. The fourth-order valence-electron chi connectivity index (χ4n) is 16.2. The fourth-order valence-corrected chi connectivity index (χ4v) is 16.2. The standard InChI is InChI=1S/C86H56N2/c1-5-33-61(34-6-1)85(73-53-51-59-29-15-19-43-67(59)81(73)83-71-47-23-21-45-69(71)79(55-75(83)85)87(63-37-9-3-10-38-63)77-49-25-31-57-27-13-17-41-65(57)77)86(62-35-7-2-8-36-62)74-54-52-60-30-16-20-44-68(60)82(74)84-72-48-24-22-46-70(72)80(56-76(84)86)88(64-39-11-4-12-40-64)78-50-26-32-58-28-14-18-42-66(58)78/h1-56H. The van der Waals surface area contributed by atoms with Crippen molar-refractivity contribution in [3.8, 4) is 22.3 Å². The van der Waals surface area contributed by atoms with Crippen LogP contribution in [0.1, 0.15) is 33.4 Å². The van der Waals surface area contributed by atoms with Gasteiger partial charge in [-0.2, -0.15) is 0 Å². The minimum Gasteiger partial charge on any atom is -0.309 e. The van der Waals surface area contributed by atoms with Gasteiger partial charge in [-0.3, -0.25) is 0 Å².